The van der Waals surface area contributed by atoms with Crippen LogP contribution in [0.4, 0.5) is 17.6 Å². The van der Waals surface area contributed by atoms with Crippen LogP contribution in [0.25, 0.3) is 6.08 Å². The number of halogens is 4. The molecule has 0 bridgehead atoms. The largest absolute Gasteiger partial charge is 0.492 e. The Hall–Kier alpha value is -1.38. The van der Waals surface area contributed by atoms with E-state index in [2.05, 4.69) is 0 Å². The van der Waals surface area contributed by atoms with Crippen molar-refractivity contribution in [3.63, 3.8) is 0 Å². The fourth-order valence-electron chi connectivity index (χ4n) is 2.26. The van der Waals surface area contributed by atoms with E-state index in [1.807, 2.05) is 27.7 Å². The van der Waals surface area contributed by atoms with Gasteiger partial charge in [-0.3, -0.25) is 0 Å². The van der Waals surface area contributed by atoms with Crippen LogP contribution in [0.15, 0.2) is 23.7 Å². The Bertz CT molecular complexity index is 637. The summed E-state index contributed by atoms with van der Waals surface area (Å²) >= 11 is 0. The van der Waals surface area contributed by atoms with E-state index < -0.39 is 42.5 Å². The second-order valence-corrected chi connectivity index (χ2v) is 6.74. The average molecular weight is 346 g/mol. The quantitative estimate of drug-likeness (QED) is 0.667. The minimum Gasteiger partial charge on any atom is -0.400 e. The number of hydrogen-bond donors (Lipinski definition) is 1. The van der Waals surface area contributed by atoms with Gasteiger partial charge in [0, 0.05) is 0 Å². The zero-order valence-electron chi connectivity index (χ0n) is 13.9. The third kappa shape index (κ3) is 3.82. The maximum absolute atomic E-state index is 13.5. The Balaban J connectivity index is 2.37. The monoisotopic (exact) mass is 346 g/mol. The van der Waals surface area contributed by atoms with Crippen molar-refractivity contribution in [2.75, 3.05) is 6.61 Å². The lowest BCUT2D eigenvalue weighted by Gasteiger charge is -2.32. The van der Waals surface area contributed by atoms with Crippen molar-refractivity contribution in [1.82, 2.24) is 0 Å². The average Bonchev–Trinajstić information content (AvgIpc) is 2.63. The fourth-order valence-corrected chi connectivity index (χ4v) is 2.26. The van der Waals surface area contributed by atoms with E-state index in [0.717, 1.165) is 12.1 Å². The highest BCUT2D eigenvalue weighted by Crippen LogP contribution is 2.39. The van der Waals surface area contributed by atoms with Crippen LogP contribution in [0.1, 0.15) is 38.8 Å². The van der Waals surface area contributed by atoms with E-state index in [0.29, 0.717) is 6.07 Å². The molecule has 1 aromatic carbocycles. The highest BCUT2D eigenvalue weighted by molar-refractivity contribution is 6.55. The molecule has 1 heterocycles. The van der Waals surface area contributed by atoms with Crippen molar-refractivity contribution in [3.8, 4) is 0 Å². The van der Waals surface area contributed by atoms with Gasteiger partial charge in [-0.25, -0.2) is 4.39 Å². The molecule has 1 fully saturated rings. The summed E-state index contributed by atoms with van der Waals surface area (Å²) in [6.07, 6.45) is -3.41. The minimum atomic E-state index is -4.66. The molecule has 0 unspecified atom stereocenters. The van der Waals surface area contributed by atoms with Gasteiger partial charge in [-0.1, -0.05) is 6.08 Å². The van der Waals surface area contributed by atoms with E-state index in [9.17, 15) is 22.7 Å². The molecule has 2 rings (SSSR count). The number of aliphatic hydroxyl groups excluding tert-OH is 1. The maximum atomic E-state index is 13.5. The molecule has 0 radical (unpaired) electrons. The van der Waals surface area contributed by atoms with Crippen molar-refractivity contribution in [2.24, 2.45) is 0 Å². The first-order valence-corrected chi connectivity index (χ1v) is 7.40. The molecule has 1 aliphatic heterocycles. The Morgan fingerprint density at radius 1 is 1.12 bits per heavy atom. The van der Waals surface area contributed by atoms with Gasteiger partial charge < -0.3 is 14.4 Å². The van der Waals surface area contributed by atoms with E-state index in [-0.39, 0.29) is 11.0 Å². The summed E-state index contributed by atoms with van der Waals surface area (Å²) in [7, 11) is -0.919. The molecule has 0 saturated carbocycles. The van der Waals surface area contributed by atoms with Gasteiger partial charge >= 0.3 is 13.3 Å². The van der Waals surface area contributed by atoms with Crippen LogP contribution in [0.5, 0.6) is 0 Å². The molecular formula is C16H19BF4O3. The van der Waals surface area contributed by atoms with Crippen molar-refractivity contribution in [2.45, 2.75) is 45.1 Å². The van der Waals surface area contributed by atoms with E-state index in [1.54, 1.807) is 0 Å². The van der Waals surface area contributed by atoms with Crippen LogP contribution in [-0.4, -0.2) is 30.0 Å². The smallest absolute Gasteiger partial charge is 0.400 e. The Kier molecular flexibility index (Phi) is 4.87. The van der Waals surface area contributed by atoms with Crippen LogP contribution < -0.4 is 0 Å². The molecule has 1 saturated heterocycles. The van der Waals surface area contributed by atoms with E-state index in [4.69, 9.17) is 9.31 Å². The second-order valence-electron chi connectivity index (χ2n) is 6.74. The summed E-state index contributed by atoms with van der Waals surface area (Å²) in [5.74, 6) is -1.01. The van der Waals surface area contributed by atoms with Crippen LogP contribution in [0.2, 0.25) is 0 Å². The zero-order valence-corrected chi connectivity index (χ0v) is 13.9. The summed E-state index contributed by atoms with van der Waals surface area (Å²) < 4.78 is 63.3. The highest BCUT2D eigenvalue weighted by Gasteiger charge is 2.52. The van der Waals surface area contributed by atoms with Crippen LogP contribution in [-0.2, 0) is 15.5 Å². The number of hydrogen-bond acceptors (Lipinski definition) is 3. The SMILES string of the molecule is CC1(C)OB(C(=Cc2cc(F)cc(C(F)(F)F)c2)CO)OC1(C)C. The number of benzene rings is 1. The van der Waals surface area contributed by atoms with Gasteiger partial charge in [0.1, 0.15) is 5.82 Å². The molecule has 0 spiro atoms. The zero-order chi connectivity index (χ0) is 18.3. The summed E-state index contributed by atoms with van der Waals surface area (Å²) in [6.45, 7) is 6.75. The molecule has 3 nitrogen and oxygen atoms in total. The Morgan fingerprint density at radius 2 is 1.67 bits per heavy atom. The first kappa shape index (κ1) is 19.0. The van der Waals surface area contributed by atoms with Crippen molar-refractivity contribution in [3.05, 3.63) is 40.6 Å². The van der Waals surface area contributed by atoms with Gasteiger partial charge in [-0.15, -0.1) is 0 Å². The fraction of sp³-hybridized carbons (Fsp3) is 0.500. The van der Waals surface area contributed by atoms with Crippen molar-refractivity contribution >= 4 is 13.2 Å². The summed E-state index contributed by atoms with van der Waals surface area (Å²) in [5, 5.41) is 9.54. The molecule has 132 valence electrons. The molecular weight excluding hydrogens is 327 g/mol. The van der Waals surface area contributed by atoms with Gasteiger partial charge in [-0.2, -0.15) is 13.2 Å². The van der Waals surface area contributed by atoms with E-state index in [1.165, 1.54) is 6.08 Å². The van der Waals surface area contributed by atoms with Crippen LogP contribution in [0.3, 0.4) is 0 Å². The standard InChI is InChI=1S/C16H19BF4O3/c1-14(2)15(3,4)24-17(23-14)12(9-22)6-10-5-11(16(19,20)21)8-13(18)7-10/h5-8,22H,9H2,1-4H3. The molecule has 0 atom stereocenters. The van der Waals surface area contributed by atoms with Crippen LogP contribution >= 0.6 is 0 Å². The minimum absolute atomic E-state index is 0.0268. The lowest BCUT2D eigenvalue weighted by atomic mass is 9.77. The Morgan fingerprint density at radius 3 is 2.12 bits per heavy atom. The maximum Gasteiger partial charge on any atom is 0.492 e. The van der Waals surface area contributed by atoms with Gasteiger partial charge in [0.2, 0.25) is 0 Å². The predicted octanol–water partition coefficient (Wildman–Crippen LogP) is 3.85. The lowest BCUT2D eigenvalue weighted by Crippen LogP contribution is -2.41. The molecule has 1 aliphatic rings. The molecule has 0 amide bonds. The van der Waals surface area contributed by atoms with Crippen LogP contribution in [0, 0.1) is 5.82 Å². The highest BCUT2D eigenvalue weighted by atomic mass is 19.4. The number of rotatable bonds is 3. The summed E-state index contributed by atoms with van der Waals surface area (Å²) in [6, 6.07) is 2.19. The number of aliphatic hydroxyl groups is 1. The first-order valence-electron chi connectivity index (χ1n) is 7.40. The van der Waals surface area contributed by atoms with Gasteiger partial charge in [0.25, 0.3) is 0 Å². The van der Waals surface area contributed by atoms with Gasteiger partial charge in [0.15, 0.2) is 0 Å². The van der Waals surface area contributed by atoms with Gasteiger partial charge in [-0.05, 0) is 56.9 Å². The van der Waals surface area contributed by atoms with Gasteiger partial charge in [0.05, 0.1) is 23.4 Å². The first-order chi connectivity index (χ1) is 10.9. The third-order valence-electron chi connectivity index (χ3n) is 4.34. The molecule has 0 aromatic heterocycles. The summed E-state index contributed by atoms with van der Waals surface area (Å²) in [4.78, 5) is 0. The topological polar surface area (TPSA) is 38.7 Å². The van der Waals surface area contributed by atoms with E-state index >= 15 is 0 Å². The molecule has 0 aliphatic carbocycles. The molecule has 24 heavy (non-hydrogen) atoms. The summed E-state index contributed by atoms with van der Waals surface area (Å²) in [5.41, 5.74) is -2.23. The predicted molar refractivity (Wildman–Crippen MR) is 82.5 cm³/mol. The Labute approximate surface area is 138 Å². The number of alkyl halides is 3. The molecule has 8 heteroatoms. The second kappa shape index (κ2) is 6.17. The van der Waals surface area contributed by atoms with Crippen molar-refractivity contribution < 1.29 is 32.0 Å². The molecule has 1 N–H and O–H groups in total. The third-order valence-corrected chi connectivity index (χ3v) is 4.34. The normalized spacial score (nSPS) is 20.5. The van der Waals surface area contributed by atoms with Crippen molar-refractivity contribution in [1.29, 1.82) is 0 Å². The lowest BCUT2D eigenvalue weighted by molar-refractivity contribution is -0.137. The molecule has 1 aromatic rings.